The van der Waals surface area contributed by atoms with E-state index in [1.54, 1.807) is 0 Å². The van der Waals surface area contributed by atoms with E-state index in [4.69, 9.17) is 0 Å². The van der Waals surface area contributed by atoms with Crippen molar-refractivity contribution in [1.29, 1.82) is 0 Å². The van der Waals surface area contributed by atoms with Crippen LogP contribution in [0.25, 0.3) is 134 Å². The SMILES string of the molecule is C.CC.CC.Cc1ccc2c(c1)-c1ccccc1-c1ccc(C)cc1C21c2ccccc2-c2ccccc21.Cc1ccc2c(c1)-c1ccccc1-c1ccccc1C21c2ccccc2-c2c(C)cccc21.Cc1ccc2c(c1)-c1ccccc1-c1ccccc1C21c2ccccc2-c2cc(C)ccc21.Cc1ccc2c(c1)-c1ccccc1-c1ccccc1C21c2ccccc2-c2ccc(C)cc21. The molecule has 0 nitrogen and oxygen atoms in total. The molecule has 20 aromatic carbocycles. The summed E-state index contributed by atoms with van der Waals surface area (Å²) in [6.07, 6.45) is 0. The van der Waals surface area contributed by atoms with E-state index in [2.05, 4.69) is 492 Å². The molecule has 0 saturated carbocycles. The molecule has 3 unspecified atom stereocenters. The summed E-state index contributed by atoms with van der Waals surface area (Å²) in [6.45, 7) is 25.7. The van der Waals surface area contributed by atoms with Crippen LogP contribution in [0.2, 0.25) is 0 Å². The molecule has 28 rings (SSSR count). The molecule has 0 radical (unpaired) electrons. The molecule has 0 bridgehead atoms. The standard InChI is InChI=1S/4C33H24.2C2H6.CH4/c1-21-18-19-30-27(20-21)24-12-4-3-11-23(24)25-13-5-7-15-28(25)33(30)29-16-8-6-14-26(29)32-22(2)10-9-17-31(32)33;1-21-16-18-31-28(19-21)24-10-4-3-9-23(24)27-17-15-22(2)20-32(27)33(31)29-13-7-5-11-25(29)26-12-6-8-14-30(26)33;1-21-16-18-31-28(19-21)24-10-4-3-9-23(24)25-11-5-7-13-29(25)33(31)30-14-8-6-12-26(30)27-17-15-22(2)20-32(27)33;1-21-15-17-31-27(19-21)24-10-4-3-9-23(24)25-11-5-7-13-29(25)33(31)30-14-8-6-12-26(30)28-20-22(2)16-18-32(28)33;2*1-2;/h4*3-20H,1-2H3;2*1-2H3;1H4. The van der Waals surface area contributed by atoms with E-state index in [-0.39, 0.29) is 29.1 Å². The Hall–Kier alpha value is -15.6. The van der Waals surface area contributed by atoms with Gasteiger partial charge in [0.15, 0.2) is 0 Å². The second-order valence-corrected chi connectivity index (χ2v) is 37.9. The van der Waals surface area contributed by atoms with Gasteiger partial charge in [-0.25, -0.2) is 0 Å². The Morgan fingerprint density at radius 3 is 0.540 bits per heavy atom. The summed E-state index contributed by atoms with van der Waals surface area (Å²) >= 11 is 0. The van der Waals surface area contributed by atoms with Crippen LogP contribution >= 0.6 is 0 Å². The van der Waals surface area contributed by atoms with Crippen LogP contribution in [0.5, 0.6) is 0 Å². The van der Waals surface area contributed by atoms with Crippen LogP contribution < -0.4 is 0 Å². The molecule has 0 saturated heterocycles. The first-order valence-corrected chi connectivity index (χ1v) is 48.8. The predicted octanol–water partition coefficient (Wildman–Crippen LogP) is 35.9. The fraction of sp³-hybridized carbons (Fsp3) is 0.124. The summed E-state index contributed by atoms with van der Waals surface area (Å²) in [5.74, 6) is 0. The van der Waals surface area contributed by atoms with E-state index in [1.807, 2.05) is 27.7 Å². The first-order valence-electron chi connectivity index (χ1n) is 48.8. The van der Waals surface area contributed by atoms with Gasteiger partial charge in [-0.05, 0) is 283 Å². The summed E-state index contributed by atoms with van der Waals surface area (Å²) < 4.78 is 0. The van der Waals surface area contributed by atoms with E-state index in [9.17, 15) is 0 Å². The normalized spacial score (nSPS) is 15.7. The molecule has 8 aliphatic rings. The van der Waals surface area contributed by atoms with Gasteiger partial charge in [0, 0.05) is 0 Å². The molecule has 8 aliphatic carbocycles. The average Bonchev–Trinajstić information content (AvgIpc) is 1.54. The molecule has 0 amide bonds. The molecule has 660 valence electrons. The van der Waals surface area contributed by atoms with Crippen LogP contribution in [0, 0.1) is 55.4 Å². The van der Waals surface area contributed by atoms with E-state index >= 15 is 0 Å². The van der Waals surface area contributed by atoms with Gasteiger partial charge in [0.05, 0.1) is 21.7 Å². The van der Waals surface area contributed by atoms with Gasteiger partial charge >= 0.3 is 0 Å². The minimum Gasteiger partial charge on any atom is -0.0776 e. The highest BCUT2D eigenvalue weighted by Crippen LogP contribution is 2.68. The van der Waals surface area contributed by atoms with Crippen molar-refractivity contribution in [3.05, 3.63) is 570 Å². The number of benzene rings is 20. The number of hydrogen-bond acceptors (Lipinski definition) is 0. The Kier molecular flexibility index (Phi) is 21.6. The lowest BCUT2D eigenvalue weighted by atomic mass is 9.65. The summed E-state index contributed by atoms with van der Waals surface area (Å²) in [4.78, 5) is 0. The van der Waals surface area contributed by atoms with Gasteiger partial charge in [-0.3, -0.25) is 0 Å². The lowest BCUT2D eigenvalue weighted by Crippen LogP contribution is -2.29. The third-order valence-electron chi connectivity index (χ3n) is 30.5. The maximum absolute atomic E-state index is 2.43. The number of rotatable bonds is 0. The van der Waals surface area contributed by atoms with Gasteiger partial charge in [-0.1, -0.05) is 511 Å². The predicted molar refractivity (Wildman–Crippen MR) is 580 cm³/mol. The molecule has 0 heterocycles. The van der Waals surface area contributed by atoms with Gasteiger partial charge in [0.25, 0.3) is 0 Å². The van der Waals surface area contributed by atoms with Crippen molar-refractivity contribution in [3.8, 4) is 134 Å². The Morgan fingerprint density at radius 1 is 0.117 bits per heavy atom. The summed E-state index contributed by atoms with van der Waals surface area (Å²) in [5, 5.41) is 0. The first-order chi connectivity index (χ1) is 66.8. The Morgan fingerprint density at radius 2 is 0.270 bits per heavy atom. The zero-order valence-electron chi connectivity index (χ0n) is 79.6. The third-order valence-corrected chi connectivity index (χ3v) is 30.5. The first kappa shape index (κ1) is 86.8. The average molecular weight is 1760 g/mol. The molecule has 4 spiro atoms. The largest absolute Gasteiger partial charge is 0.0776 e. The van der Waals surface area contributed by atoms with Crippen LogP contribution in [0.1, 0.15) is 169 Å². The number of fused-ring (bicyclic) bond motifs is 48. The zero-order chi connectivity index (χ0) is 92.6. The summed E-state index contributed by atoms with van der Waals surface area (Å²) in [5.41, 5.74) is 63.2. The lowest BCUT2D eigenvalue weighted by Gasteiger charge is -2.35. The van der Waals surface area contributed by atoms with Gasteiger partial charge < -0.3 is 0 Å². The molecule has 0 fully saturated rings. The number of aryl methyl sites for hydroxylation is 8. The lowest BCUT2D eigenvalue weighted by molar-refractivity contribution is 0.774. The Labute approximate surface area is 810 Å². The van der Waals surface area contributed by atoms with Crippen molar-refractivity contribution in [2.75, 3.05) is 0 Å². The van der Waals surface area contributed by atoms with Crippen molar-refractivity contribution in [1.82, 2.24) is 0 Å². The van der Waals surface area contributed by atoms with E-state index < -0.39 is 0 Å². The van der Waals surface area contributed by atoms with Gasteiger partial charge in [0.1, 0.15) is 0 Å². The molecule has 0 heteroatoms. The van der Waals surface area contributed by atoms with E-state index in [0.29, 0.717) is 0 Å². The summed E-state index contributed by atoms with van der Waals surface area (Å²) in [6, 6.07) is 164. The maximum Gasteiger partial charge on any atom is 0.0725 e. The second-order valence-electron chi connectivity index (χ2n) is 37.9. The van der Waals surface area contributed by atoms with Crippen LogP contribution in [0.3, 0.4) is 0 Å². The molecule has 20 aromatic rings. The maximum atomic E-state index is 2.43. The molecular formula is C137H112. The molecular weight excluding hydrogens is 1650 g/mol. The molecule has 0 aromatic heterocycles. The van der Waals surface area contributed by atoms with Crippen molar-refractivity contribution < 1.29 is 0 Å². The minimum absolute atomic E-state index is 0. The highest BCUT2D eigenvalue weighted by molar-refractivity contribution is 6.04. The summed E-state index contributed by atoms with van der Waals surface area (Å²) in [7, 11) is 0. The van der Waals surface area contributed by atoms with Crippen molar-refractivity contribution in [2.24, 2.45) is 0 Å². The highest BCUT2D eigenvalue weighted by Gasteiger charge is 2.55. The van der Waals surface area contributed by atoms with Crippen LogP contribution in [0.4, 0.5) is 0 Å². The topological polar surface area (TPSA) is 0 Å². The van der Waals surface area contributed by atoms with E-state index in [1.165, 1.54) is 267 Å². The van der Waals surface area contributed by atoms with Crippen LogP contribution in [0.15, 0.2) is 437 Å². The fourth-order valence-corrected chi connectivity index (χ4v) is 25.4. The smallest absolute Gasteiger partial charge is 0.0725 e. The van der Waals surface area contributed by atoms with Crippen LogP contribution in [-0.4, -0.2) is 0 Å². The van der Waals surface area contributed by atoms with Crippen molar-refractivity contribution >= 4 is 0 Å². The Bertz CT molecular complexity index is 8010. The van der Waals surface area contributed by atoms with Crippen molar-refractivity contribution in [2.45, 2.75) is 112 Å². The number of hydrogen-bond donors (Lipinski definition) is 0. The molecule has 0 aliphatic heterocycles. The van der Waals surface area contributed by atoms with Gasteiger partial charge in [0.2, 0.25) is 0 Å². The quantitative estimate of drug-likeness (QED) is 0.142. The third kappa shape index (κ3) is 12.6. The van der Waals surface area contributed by atoms with Gasteiger partial charge in [-0.15, -0.1) is 0 Å². The highest BCUT2D eigenvalue weighted by atomic mass is 14.6. The molecule has 3 atom stereocenters. The van der Waals surface area contributed by atoms with Gasteiger partial charge in [-0.2, -0.15) is 0 Å². The van der Waals surface area contributed by atoms with Crippen molar-refractivity contribution in [3.63, 3.8) is 0 Å². The monoisotopic (exact) mass is 1760 g/mol. The van der Waals surface area contributed by atoms with Crippen LogP contribution in [-0.2, 0) is 21.7 Å². The molecule has 0 N–H and O–H groups in total. The minimum atomic E-state index is -0.351. The zero-order valence-corrected chi connectivity index (χ0v) is 79.6. The molecule has 137 heavy (non-hydrogen) atoms. The Balaban J connectivity index is 0.000000104. The fourth-order valence-electron chi connectivity index (χ4n) is 25.4. The van der Waals surface area contributed by atoms with E-state index in [0.717, 1.165) is 0 Å². The second kappa shape index (κ2) is 34.1.